The Hall–Kier alpha value is -3.13. The summed E-state index contributed by atoms with van der Waals surface area (Å²) in [6.07, 6.45) is 2.26. The number of hydrogen-bond donors (Lipinski definition) is 1. The van der Waals surface area contributed by atoms with Gasteiger partial charge < -0.3 is 14.6 Å². The quantitative estimate of drug-likeness (QED) is 0.231. The van der Waals surface area contributed by atoms with E-state index >= 15 is 0 Å². The largest absolute Gasteiger partial charge is 0.496 e. The molecule has 0 unspecified atom stereocenters. The van der Waals surface area contributed by atoms with Gasteiger partial charge in [-0.05, 0) is 36.8 Å². The molecule has 6 nitrogen and oxygen atoms in total. The van der Waals surface area contributed by atoms with Crippen LogP contribution in [0.3, 0.4) is 0 Å². The fourth-order valence-corrected chi connectivity index (χ4v) is 5.00. The Morgan fingerprint density at radius 1 is 1.09 bits per heavy atom. The van der Waals surface area contributed by atoms with E-state index in [0.29, 0.717) is 40.4 Å². The van der Waals surface area contributed by atoms with Gasteiger partial charge in [0.1, 0.15) is 10.8 Å². The molecule has 2 aromatic carbocycles. The van der Waals surface area contributed by atoms with Crippen LogP contribution in [0.4, 0.5) is 0 Å². The maximum atomic E-state index is 9.87. The van der Waals surface area contributed by atoms with Crippen LogP contribution < -0.4 is 9.47 Å². The first-order valence-electron chi connectivity index (χ1n) is 10.7. The number of methoxy groups -OCH3 is 1. The summed E-state index contributed by atoms with van der Waals surface area (Å²) in [5, 5.41) is 11.4. The zero-order chi connectivity index (χ0) is 23.7. The Morgan fingerprint density at radius 3 is 2.65 bits per heavy atom. The van der Waals surface area contributed by atoms with Gasteiger partial charge >= 0.3 is 0 Å². The SMILES string of the molecule is COc1ccccc1-c1nc2c(c(SCc3ccc(Cl)cc3)n1)Cc1c(CO)cnc(C)c1O2. The number of aliphatic hydroxyl groups excluding tert-OH is 1. The van der Waals surface area contributed by atoms with Gasteiger partial charge in [-0.2, -0.15) is 4.98 Å². The summed E-state index contributed by atoms with van der Waals surface area (Å²) in [4.78, 5) is 14.1. The number of pyridine rings is 1. The number of halogens is 1. The molecule has 0 aliphatic carbocycles. The first kappa shape index (κ1) is 22.7. The highest BCUT2D eigenvalue weighted by Gasteiger charge is 2.28. The molecule has 3 heterocycles. The van der Waals surface area contributed by atoms with Crippen molar-refractivity contribution in [1.29, 1.82) is 0 Å². The molecule has 1 aliphatic rings. The molecule has 0 bridgehead atoms. The molecule has 0 saturated heterocycles. The summed E-state index contributed by atoms with van der Waals surface area (Å²) in [6.45, 7) is 1.78. The fraction of sp³-hybridized carbons (Fsp3) is 0.192. The lowest BCUT2D eigenvalue weighted by molar-refractivity contribution is 0.278. The summed E-state index contributed by atoms with van der Waals surface area (Å²) < 4.78 is 11.9. The second-order valence-electron chi connectivity index (χ2n) is 7.86. The molecule has 0 fully saturated rings. The van der Waals surface area contributed by atoms with E-state index in [2.05, 4.69) is 4.98 Å². The van der Waals surface area contributed by atoms with Crippen molar-refractivity contribution in [2.45, 2.75) is 30.7 Å². The lowest BCUT2D eigenvalue weighted by Crippen LogP contribution is -2.13. The average molecular weight is 492 g/mol. The van der Waals surface area contributed by atoms with Gasteiger partial charge in [-0.3, -0.25) is 4.98 Å². The van der Waals surface area contributed by atoms with Crippen molar-refractivity contribution in [3.63, 3.8) is 0 Å². The van der Waals surface area contributed by atoms with Gasteiger partial charge in [0.25, 0.3) is 0 Å². The molecule has 8 heteroatoms. The highest BCUT2D eigenvalue weighted by Crippen LogP contribution is 2.43. The van der Waals surface area contributed by atoms with Gasteiger partial charge in [0.15, 0.2) is 11.6 Å². The maximum absolute atomic E-state index is 9.87. The number of rotatable bonds is 6. The van der Waals surface area contributed by atoms with Gasteiger partial charge in [0.05, 0.1) is 30.5 Å². The first-order valence-corrected chi connectivity index (χ1v) is 12.1. The predicted molar refractivity (Wildman–Crippen MR) is 133 cm³/mol. The monoisotopic (exact) mass is 491 g/mol. The van der Waals surface area contributed by atoms with Crippen LogP contribution in [0.5, 0.6) is 17.4 Å². The van der Waals surface area contributed by atoms with Crippen LogP contribution in [0.2, 0.25) is 5.02 Å². The molecule has 2 aromatic heterocycles. The van der Waals surface area contributed by atoms with E-state index in [1.807, 2.05) is 55.5 Å². The summed E-state index contributed by atoms with van der Waals surface area (Å²) in [5.74, 6) is 3.08. The van der Waals surface area contributed by atoms with E-state index in [-0.39, 0.29) is 6.61 Å². The minimum absolute atomic E-state index is 0.109. The lowest BCUT2D eigenvalue weighted by atomic mass is 9.99. The lowest BCUT2D eigenvalue weighted by Gasteiger charge is -2.24. The van der Waals surface area contributed by atoms with E-state index < -0.39 is 0 Å². The first-order chi connectivity index (χ1) is 16.6. The topological polar surface area (TPSA) is 77.4 Å². The number of thioether (sulfide) groups is 1. The number of benzene rings is 2. The minimum Gasteiger partial charge on any atom is -0.496 e. The molecule has 5 rings (SSSR count). The van der Waals surface area contributed by atoms with Gasteiger partial charge in [-0.1, -0.05) is 35.9 Å². The highest BCUT2D eigenvalue weighted by molar-refractivity contribution is 7.98. The van der Waals surface area contributed by atoms with Crippen LogP contribution in [0.1, 0.15) is 27.9 Å². The van der Waals surface area contributed by atoms with Crippen molar-refractivity contribution in [3.8, 4) is 28.8 Å². The zero-order valence-electron chi connectivity index (χ0n) is 18.7. The van der Waals surface area contributed by atoms with Crippen LogP contribution in [-0.2, 0) is 18.8 Å². The van der Waals surface area contributed by atoms with Crippen molar-refractivity contribution >= 4 is 23.4 Å². The van der Waals surface area contributed by atoms with Crippen molar-refractivity contribution in [1.82, 2.24) is 15.0 Å². The minimum atomic E-state index is -0.109. The Bertz CT molecular complexity index is 1360. The molecule has 0 atom stereocenters. The third-order valence-electron chi connectivity index (χ3n) is 5.69. The van der Waals surface area contributed by atoms with Crippen LogP contribution in [-0.4, -0.2) is 27.2 Å². The molecular formula is C26H22ClN3O3S. The summed E-state index contributed by atoms with van der Waals surface area (Å²) >= 11 is 7.66. The predicted octanol–water partition coefficient (Wildman–Crippen LogP) is 5.99. The zero-order valence-corrected chi connectivity index (χ0v) is 20.3. The van der Waals surface area contributed by atoms with Crippen LogP contribution in [0, 0.1) is 6.92 Å². The summed E-state index contributed by atoms with van der Waals surface area (Å²) in [5.41, 5.74) is 5.23. The van der Waals surface area contributed by atoms with Gasteiger partial charge in [-0.15, -0.1) is 11.8 Å². The second-order valence-corrected chi connectivity index (χ2v) is 9.27. The number of para-hydroxylation sites is 1. The van der Waals surface area contributed by atoms with E-state index in [1.165, 1.54) is 0 Å². The molecule has 0 radical (unpaired) electrons. The molecule has 1 N–H and O–H groups in total. The van der Waals surface area contributed by atoms with E-state index in [1.54, 1.807) is 25.1 Å². The number of aromatic nitrogens is 3. The molecule has 0 spiro atoms. The maximum Gasteiger partial charge on any atom is 0.227 e. The van der Waals surface area contributed by atoms with Gasteiger partial charge in [-0.25, -0.2) is 4.98 Å². The van der Waals surface area contributed by atoms with Crippen LogP contribution in [0.25, 0.3) is 11.4 Å². The second kappa shape index (κ2) is 9.62. The Kier molecular flexibility index (Phi) is 6.41. The molecular weight excluding hydrogens is 470 g/mol. The molecule has 4 aromatic rings. The number of aliphatic hydroxyl groups is 1. The van der Waals surface area contributed by atoms with Crippen LogP contribution in [0.15, 0.2) is 59.8 Å². The number of aryl methyl sites for hydroxylation is 1. The van der Waals surface area contributed by atoms with E-state index in [4.69, 9.17) is 31.0 Å². The van der Waals surface area contributed by atoms with E-state index in [9.17, 15) is 5.11 Å². The third-order valence-corrected chi connectivity index (χ3v) is 7.04. The molecule has 172 valence electrons. The van der Waals surface area contributed by atoms with E-state index in [0.717, 1.165) is 38.5 Å². The van der Waals surface area contributed by atoms with Crippen molar-refractivity contribution < 1.29 is 14.6 Å². The number of ether oxygens (including phenoxy) is 2. The highest BCUT2D eigenvalue weighted by atomic mass is 35.5. The Labute approximate surface area is 207 Å². The molecule has 34 heavy (non-hydrogen) atoms. The fourth-order valence-electron chi connectivity index (χ4n) is 3.90. The van der Waals surface area contributed by atoms with Crippen molar-refractivity contribution in [2.24, 2.45) is 0 Å². The smallest absolute Gasteiger partial charge is 0.227 e. The number of hydrogen-bond acceptors (Lipinski definition) is 7. The van der Waals surface area contributed by atoms with Crippen molar-refractivity contribution in [2.75, 3.05) is 7.11 Å². The summed E-state index contributed by atoms with van der Waals surface area (Å²) in [7, 11) is 1.63. The summed E-state index contributed by atoms with van der Waals surface area (Å²) in [6, 6.07) is 15.4. The average Bonchev–Trinajstić information content (AvgIpc) is 2.87. The third kappa shape index (κ3) is 4.34. The molecule has 0 saturated carbocycles. The molecule has 0 amide bonds. The Morgan fingerprint density at radius 2 is 1.88 bits per heavy atom. The standard InChI is InChI=1S/C26H22ClN3O3S/c1-15-23-20(17(13-31)12-28-15)11-21-25(33-23)29-24(19-5-3-4-6-22(19)32-2)30-26(21)34-14-16-7-9-18(27)10-8-16/h3-10,12,31H,11,13-14H2,1-2H3. The van der Waals surface area contributed by atoms with Gasteiger partial charge in [0.2, 0.25) is 5.88 Å². The molecule has 1 aliphatic heterocycles. The van der Waals surface area contributed by atoms with Crippen molar-refractivity contribution in [3.05, 3.63) is 87.7 Å². The number of nitrogens with zero attached hydrogens (tertiary/aromatic N) is 3. The number of fused-ring (bicyclic) bond motifs is 2. The Balaban J connectivity index is 1.61. The van der Waals surface area contributed by atoms with Gasteiger partial charge in [0, 0.05) is 34.5 Å². The van der Waals surface area contributed by atoms with Crippen LogP contribution >= 0.6 is 23.4 Å². The normalized spacial score (nSPS) is 12.0.